The van der Waals surface area contributed by atoms with Crippen molar-refractivity contribution in [3.63, 3.8) is 0 Å². The van der Waals surface area contributed by atoms with Crippen LogP contribution < -0.4 is 10.1 Å². The van der Waals surface area contributed by atoms with Crippen LogP contribution in [-0.2, 0) is 32.1 Å². The van der Waals surface area contributed by atoms with Crippen LogP contribution >= 0.6 is 0 Å². The first kappa shape index (κ1) is 26.6. The Kier molecular flexibility index (Phi) is 9.22. The Morgan fingerprint density at radius 3 is 2.66 bits per heavy atom. The monoisotopic (exact) mass is 492 g/mol. The highest BCUT2D eigenvalue weighted by Gasteiger charge is 2.32. The second-order valence-corrected chi connectivity index (χ2v) is 8.86. The van der Waals surface area contributed by atoms with Crippen LogP contribution in [-0.4, -0.2) is 74.5 Å². The molecule has 2 aliphatic rings. The number of cyclic esters (lactones) is 1. The molecule has 0 bridgehead atoms. The summed E-state index contributed by atoms with van der Waals surface area (Å²) in [5.74, 6) is -2.39. The number of methoxy groups -OCH3 is 1. The molecule has 1 amide bonds. The molecule has 1 unspecified atom stereocenters. The lowest BCUT2D eigenvalue weighted by atomic mass is 9.92. The number of fused-ring (bicyclic) bond motifs is 1. The normalized spacial score (nSPS) is 17.0. The Morgan fingerprint density at radius 1 is 1.31 bits per heavy atom. The van der Waals surface area contributed by atoms with Crippen LogP contribution in [0, 0.1) is 12.8 Å². The molecule has 0 spiro atoms. The standard InChI is InChI=1S/C25H33FN2O7/c1-15(12-17(24(30)31)6-7-28-8-10-34-11-9-28)4-5-18-22(27-20(29)13-26)21-19(14-35-25(21)32)16(2)23(18)33-3/h4,17H,5-14H2,1-3H3,(H,27,29)(H,30,31)/b15-4+. The molecule has 0 saturated carbocycles. The van der Waals surface area contributed by atoms with Crippen LogP contribution in [0.2, 0.25) is 0 Å². The summed E-state index contributed by atoms with van der Waals surface area (Å²) in [6.07, 6.45) is 3.00. The molecule has 2 N–H and O–H groups in total. The van der Waals surface area contributed by atoms with Gasteiger partial charge in [-0.05, 0) is 45.2 Å². The molecule has 35 heavy (non-hydrogen) atoms. The molecule has 9 nitrogen and oxygen atoms in total. The van der Waals surface area contributed by atoms with Crippen molar-refractivity contribution in [1.82, 2.24) is 4.90 Å². The minimum Gasteiger partial charge on any atom is -0.496 e. The minimum absolute atomic E-state index is 0.0490. The fraction of sp³-hybridized carbons (Fsp3) is 0.560. The number of carbonyl (C=O) groups is 3. The zero-order chi connectivity index (χ0) is 25.5. The fourth-order valence-corrected chi connectivity index (χ4v) is 4.59. The third kappa shape index (κ3) is 6.37. The average Bonchev–Trinajstić information content (AvgIpc) is 3.24. The molecular weight excluding hydrogens is 459 g/mol. The number of hydrogen-bond acceptors (Lipinski definition) is 7. The van der Waals surface area contributed by atoms with E-state index in [9.17, 15) is 23.9 Å². The lowest BCUT2D eigenvalue weighted by molar-refractivity contribution is -0.142. The van der Waals surface area contributed by atoms with Gasteiger partial charge in [-0.15, -0.1) is 0 Å². The van der Waals surface area contributed by atoms with Crippen molar-refractivity contribution >= 4 is 23.5 Å². The third-order valence-electron chi connectivity index (χ3n) is 6.53. The Labute approximate surface area is 204 Å². The second kappa shape index (κ2) is 12.1. The summed E-state index contributed by atoms with van der Waals surface area (Å²) in [4.78, 5) is 38.4. The van der Waals surface area contributed by atoms with Gasteiger partial charge in [-0.1, -0.05) is 11.6 Å². The van der Waals surface area contributed by atoms with Gasteiger partial charge in [0.15, 0.2) is 6.67 Å². The van der Waals surface area contributed by atoms with Gasteiger partial charge in [-0.2, -0.15) is 0 Å². The third-order valence-corrected chi connectivity index (χ3v) is 6.53. The molecular formula is C25H33FN2O7. The summed E-state index contributed by atoms with van der Waals surface area (Å²) in [5, 5.41) is 12.2. The molecule has 2 aliphatic heterocycles. The molecule has 192 valence electrons. The van der Waals surface area contributed by atoms with Gasteiger partial charge in [0.1, 0.15) is 12.4 Å². The van der Waals surface area contributed by atoms with E-state index >= 15 is 0 Å². The number of carboxylic acids is 1. The number of aliphatic carboxylic acids is 1. The van der Waals surface area contributed by atoms with E-state index < -0.39 is 30.4 Å². The first-order valence-corrected chi connectivity index (χ1v) is 11.7. The summed E-state index contributed by atoms with van der Waals surface area (Å²) in [7, 11) is 1.49. The van der Waals surface area contributed by atoms with Crippen LogP contribution in [0.15, 0.2) is 11.6 Å². The average molecular weight is 493 g/mol. The zero-order valence-electron chi connectivity index (χ0n) is 20.4. The molecule has 1 aromatic carbocycles. The summed E-state index contributed by atoms with van der Waals surface area (Å²) >= 11 is 0. The number of alkyl halides is 1. The summed E-state index contributed by atoms with van der Waals surface area (Å²) in [6.45, 7) is 6.07. The molecule has 1 fully saturated rings. The van der Waals surface area contributed by atoms with Gasteiger partial charge < -0.3 is 24.6 Å². The van der Waals surface area contributed by atoms with Crippen molar-refractivity contribution in [2.75, 3.05) is 51.9 Å². The number of morpholine rings is 1. The predicted molar refractivity (Wildman–Crippen MR) is 127 cm³/mol. The number of halogens is 1. The van der Waals surface area contributed by atoms with Crippen molar-refractivity contribution < 1.29 is 38.1 Å². The van der Waals surface area contributed by atoms with Crippen molar-refractivity contribution in [3.8, 4) is 5.75 Å². The quantitative estimate of drug-likeness (QED) is 0.358. The fourth-order valence-electron chi connectivity index (χ4n) is 4.59. The first-order valence-electron chi connectivity index (χ1n) is 11.7. The number of carboxylic acid groups (broad SMARTS) is 1. The van der Waals surface area contributed by atoms with Gasteiger partial charge in [0.25, 0.3) is 5.91 Å². The van der Waals surface area contributed by atoms with E-state index in [0.717, 1.165) is 18.7 Å². The maximum atomic E-state index is 13.0. The number of nitrogens with one attached hydrogen (secondary N) is 1. The highest BCUT2D eigenvalue weighted by atomic mass is 19.1. The highest BCUT2D eigenvalue weighted by molar-refractivity contribution is 6.06. The number of allylic oxidation sites excluding steroid dienone is 2. The molecule has 1 atom stereocenters. The Bertz CT molecular complexity index is 1000. The molecule has 3 rings (SSSR count). The molecule has 2 heterocycles. The smallest absolute Gasteiger partial charge is 0.341 e. The Morgan fingerprint density at radius 2 is 2.03 bits per heavy atom. The lowest BCUT2D eigenvalue weighted by Gasteiger charge is -2.27. The van der Waals surface area contributed by atoms with Gasteiger partial charge in [0.2, 0.25) is 0 Å². The van der Waals surface area contributed by atoms with Gasteiger partial charge in [0.05, 0.1) is 37.5 Å². The van der Waals surface area contributed by atoms with Crippen molar-refractivity contribution in [3.05, 3.63) is 33.9 Å². The maximum absolute atomic E-state index is 13.0. The summed E-state index contributed by atoms with van der Waals surface area (Å²) < 4.78 is 29.1. The van der Waals surface area contributed by atoms with E-state index in [1.165, 1.54) is 7.11 Å². The first-order chi connectivity index (χ1) is 16.8. The van der Waals surface area contributed by atoms with E-state index in [4.69, 9.17) is 14.2 Å². The van der Waals surface area contributed by atoms with Crippen LogP contribution in [0.1, 0.15) is 46.8 Å². The molecule has 1 aromatic rings. The number of rotatable bonds is 11. The van der Waals surface area contributed by atoms with Crippen molar-refractivity contribution in [2.45, 2.75) is 39.7 Å². The number of esters is 1. The molecule has 0 aliphatic carbocycles. The van der Waals surface area contributed by atoms with E-state index in [1.807, 2.05) is 13.0 Å². The number of nitrogens with zero attached hydrogens (tertiary/aromatic N) is 1. The van der Waals surface area contributed by atoms with Crippen molar-refractivity contribution in [1.29, 1.82) is 0 Å². The highest BCUT2D eigenvalue weighted by Crippen LogP contribution is 2.41. The van der Waals surface area contributed by atoms with Crippen LogP contribution in [0.25, 0.3) is 0 Å². The number of ether oxygens (including phenoxy) is 3. The Balaban J connectivity index is 1.83. The van der Waals surface area contributed by atoms with Gasteiger partial charge >= 0.3 is 11.9 Å². The zero-order valence-corrected chi connectivity index (χ0v) is 20.4. The number of amides is 1. The lowest BCUT2D eigenvalue weighted by Crippen LogP contribution is -2.38. The summed E-state index contributed by atoms with van der Waals surface area (Å²) in [5.41, 5.74) is 3.06. The second-order valence-electron chi connectivity index (χ2n) is 8.86. The number of carbonyl (C=O) groups excluding carboxylic acids is 2. The largest absolute Gasteiger partial charge is 0.496 e. The van der Waals surface area contributed by atoms with Crippen LogP contribution in [0.4, 0.5) is 10.1 Å². The van der Waals surface area contributed by atoms with E-state index in [2.05, 4.69) is 10.2 Å². The van der Waals surface area contributed by atoms with E-state index in [0.29, 0.717) is 55.0 Å². The Hall–Kier alpha value is -2.98. The van der Waals surface area contributed by atoms with Crippen LogP contribution in [0.5, 0.6) is 5.75 Å². The SMILES string of the molecule is COc1c(C)c2c(c(NC(=O)CF)c1C/C=C(\C)CC(CCN1CCOCC1)C(=O)O)C(=O)OC2. The van der Waals surface area contributed by atoms with E-state index in [-0.39, 0.29) is 24.3 Å². The molecule has 0 aromatic heterocycles. The number of hydrogen-bond donors (Lipinski definition) is 2. The van der Waals surface area contributed by atoms with E-state index in [1.54, 1.807) is 6.92 Å². The molecule has 1 saturated heterocycles. The minimum atomic E-state index is -1.24. The maximum Gasteiger partial charge on any atom is 0.341 e. The van der Waals surface area contributed by atoms with Crippen LogP contribution in [0.3, 0.4) is 0 Å². The molecule has 0 radical (unpaired) electrons. The summed E-state index contributed by atoms with van der Waals surface area (Å²) in [6, 6.07) is 0. The predicted octanol–water partition coefficient (Wildman–Crippen LogP) is 2.88. The number of anilines is 1. The number of benzene rings is 1. The van der Waals surface area contributed by atoms with Gasteiger partial charge in [0, 0.05) is 24.2 Å². The van der Waals surface area contributed by atoms with Gasteiger partial charge in [-0.25, -0.2) is 9.18 Å². The van der Waals surface area contributed by atoms with Crippen molar-refractivity contribution in [2.24, 2.45) is 5.92 Å². The topological polar surface area (TPSA) is 114 Å². The molecule has 10 heteroatoms. The van der Waals surface area contributed by atoms with Gasteiger partial charge in [-0.3, -0.25) is 14.5 Å².